The van der Waals surface area contributed by atoms with E-state index in [2.05, 4.69) is 43.2 Å². The average Bonchev–Trinajstić information content (AvgIpc) is 2.94. The second kappa shape index (κ2) is 7.36. The average molecular weight is 302 g/mol. The minimum absolute atomic E-state index is 0.0638. The van der Waals surface area contributed by atoms with Gasteiger partial charge in [-0.15, -0.1) is 11.3 Å². The van der Waals surface area contributed by atoms with Gasteiger partial charge < -0.3 is 5.32 Å². The standard InChI is InChI=1S/C17H22N2OS/c1-4-14(12(2)3)19-17(20)15-11-21-16(18-15)10-13-8-6-5-7-9-13/h5-9,11-12,14H,4,10H2,1-3H3,(H,19,20). The quantitative estimate of drug-likeness (QED) is 0.879. The molecule has 1 heterocycles. The van der Waals surface area contributed by atoms with Crippen LogP contribution in [-0.2, 0) is 6.42 Å². The van der Waals surface area contributed by atoms with Gasteiger partial charge in [0.05, 0.1) is 5.01 Å². The van der Waals surface area contributed by atoms with Crippen molar-refractivity contribution in [2.24, 2.45) is 5.92 Å². The lowest BCUT2D eigenvalue weighted by molar-refractivity contribution is 0.0920. The number of rotatable bonds is 6. The van der Waals surface area contributed by atoms with Crippen LogP contribution in [0.2, 0.25) is 0 Å². The monoisotopic (exact) mass is 302 g/mol. The van der Waals surface area contributed by atoms with Gasteiger partial charge in [-0.2, -0.15) is 0 Å². The van der Waals surface area contributed by atoms with Crippen LogP contribution < -0.4 is 5.32 Å². The second-order valence-corrected chi connectivity index (χ2v) is 6.46. The summed E-state index contributed by atoms with van der Waals surface area (Å²) in [6.07, 6.45) is 1.71. The van der Waals surface area contributed by atoms with Crippen molar-refractivity contribution in [1.29, 1.82) is 0 Å². The smallest absolute Gasteiger partial charge is 0.270 e. The number of aromatic nitrogens is 1. The summed E-state index contributed by atoms with van der Waals surface area (Å²) < 4.78 is 0. The Morgan fingerprint density at radius 2 is 2.00 bits per heavy atom. The first-order valence-corrected chi connectivity index (χ1v) is 8.27. The SMILES string of the molecule is CCC(NC(=O)c1csc(Cc2ccccc2)n1)C(C)C. The van der Waals surface area contributed by atoms with E-state index in [1.807, 2.05) is 23.6 Å². The summed E-state index contributed by atoms with van der Waals surface area (Å²) in [4.78, 5) is 16.7. The second-order valence-electron chi connectivity index (χ2n) is 5.52. The topological polar surface area (TPSA) is 42.0 Å². The Morgan fingerprint density at radius 1 is 1.29 bits per heavy atom. The van der Waals surface area contributed by atoms with E-state index in [0.717, 1.165) is 17.8 Å². The predicted octanol–water partition coefficient (Wildman–Crippen LogP) is 3.90. The minimum Gasteiger partial charge on any atom is -0.348 e. The van der Waals surface area contributed by atoms with Gasteiger partial charge in [0.1, 0.15) is 5.69 Å². The zero-order chi connectivity index (χ0) is 15.2. The van der Waals surface area contributed by atoms with E-state index in [1.165, 1.54) is 5.56 Å². The Kier molecular flexibility index (Phi) is 5.51. The highest BCUT2D eigenvalue weighted by atomic mass is 32.1. The van der Waals surface area contributed by atoms with E-state index in [-0.39, 0.29) is 11.9 Å². The third-order valence-corrected chi connectivity index (χ3v) is 4.39. The maximum atomic E-state index is 12.2. The largest absolute Gasteiger partial charge is 0.348 e. The molecule has 3 nitrogen and oxygen atoms in total. The summed E-state index contributed by atoms with van der Waals surface area (Å²) >= 11 is 1.54. The summed E-state index contributed by atoms with van der Waals surface area (Å²) in [6, 6.07) is 10.4. The zero-order valence-corrected chi connectivity index (χ0v) is 13.6. The van der Waals surface area contributed by atoms with Crippen LogP contribution in [0.25, 0.3) is 0 Å². The first kappa shape index (κ1) is 15.7. The third-order valence-electron chi connectivity index (χ3n) is 3.54. The molecule has 2 aromatic rings. The molecule has 0 aliphatic heterocycles. The van der Waals surface area contributed by atoms with Gasteiger partial charge in [-0.1, -0.05) is 51.1 Å². The number of amides is 1. The third kappa shape index (κ3) is 4.39. The van der Waals surface area contributed by atoms with E-state index in [0.29, 0.717) is 11.6 Å². The molecule has 0 aliphatic carbocycles. The van der Waals surface area contributed by atoms with Crippen molar-refractivity contribution in [2.45, 2.75) is 39.7 Å². The minimum atomic E-state index is -0.0638. The molecule has 1 N–H and O–H groups in total. The molecule has 4 heteroatoms. The molecule has 1 aromatic heterocycles. The van der Waals surface area contributed by atoms with Crippen molar-refractivity contribution in [3.63, 3.8) is 0 Å². The van der Waals surface area contributed by atoms with E-state index < -0.39 is 0 Å². The molecule has 1 atom stereocenters. The van der Waals surface area contributed by atoms with Crippen LogP contribution >= 0.6 is 11.3 Å². The van der Waals surface area contributed by atoms with Crippen molar-refractivity contribution in [1.82, 2.24) is 10.3 Å². The highest BCUT2D eigenvalue weighted by molar-refractivity contribution is 7.09. The highest BCUT2D eigenvalue weighted by Gasteiger charge is 2.17. The molecular weight excluding hydrogens is 280 g/mol. The van der Waals surface area contributed by atoms with Gasteiger partial charge in [0.25, 0.3) is 5.91 Å². The Hall–Kier alpha value is -1.68. The molecule has 2 rings (SSSR count). The van der Waals surface area contributed by atoms with Gasteiger partial charge in [0.15, 0.2) is 0 Å². The van der Waals surface area contributed by atoms with E-state index in [4.69, 9.17) is 0 Å². The molecule has 112 valence electrons. The summed E-state index contributed by atoms with van der Waals surface area (Å²) in [7, 11) is 0. The van der Waals surface area contributed by atoms with Crippen LogP contribution in [0.4, 0.5) is 0 Å². The highest BCUT2D eigenvalue weighted by Crippen LogP contribution is 2.15. The number of nitrogens with one attached hydrogen (secondary N) is 1. The summed E-state index contributed by atoms with van der Waals surface area (Å²) in [5.74, 6) is 0.368. The van der Waals surface area contributed by atoms with Gasteiger partial charge in [0.2, 0.25) is 0 Å². The fraction of sp³-hybridized carbons (Fsp3) is 0.412. The number of nitrogens with zero attached hydrogens (tertiary/aromatic N) is 1. The Bertz CT molecular complexity index is 577. The number of thiazole rings is 1. The van der Waals surface area contributed by atoms with Gasteiger partial charge in [0, 0.05) is 17.8 Å². The lowest BCUT2D eigenvalue weighted by atomic mass is 10.0. The van der Waals surface area contributed by atoms with Crippen LogP contribution in [0, 0.1) is 5.92 Å². The number of carbonyl (C=O) groups excluding carboxylic acids is 1. The Morgan fingerprint density at radius 3 is 2.62 bits per heavy atom. The number of hydrogen-bond acceptors (Lipinski definition) is 3. The first-order chi connectivity index (χ1) is 10.1. The summed E-state index contributed by atoms with van der Waals surface area (Å²) in [6.45, 7) is 6.33. The number of hydrogen-bond donors (Lipinski definition) is 1. The molecular formula is C17H22N2OS. The Labute approximate surface area is 130 Å². The van der Waals surface area contributed by atoms with Crippen molar-refractivity contribution < 1.29 is 4.79 Å². The molecule has 0 fully saturated rings. The Balaban J connectivity index is 2.00. The number of carbonyl (C=O) groups is 1. The van der Waals surface area contributed by atoms with Crippen molar-refractivity contribution in [3.05, 3.63) is 52.0 Å². The van der Waals surface area contributed by atoms with Crippen LogP contribution in [0.1, 0.15) is 48.3 Å². The van der Waals surface area contributed by atoms with Crippen molar-refractivity contribution in [2.75, 3.05) is 0 Å². The molecule has 0 saturated heterocycles. The molecule has 0 saturated carbocycles. The zero-order valence-electron chi connectivity index (χ0n) is 12.8. The van der Waals surface area contributed by atoms with Crippen LogP contribution in [0.5, 0.6) is 0 Å². The molecule has 1 amide bonds. The summed E-state index contributed by atoms with van der Waals surface area (Å²) in [5.41, 5.74) is 1.75. The van der Waals surface area contributed by atoms with Gasteiger partial charge in [-0.05, 0) is 17.9 Å². The number of benzene rings is 1. The fourth-order valence-electron chi connectivity index (χ4n) is 2.25. The molecule has 0 radical (unpaired) electrons. The van der Waals surface area contributed by atoms with Crippen LogP contribution in [-0.4, -0.2) is 16.9 Å². The van der Waals surface area contributed by atoms with E-state index in [1.54, 1.807) is 11.3 Å². The maximum absolute atomic E-state index is 12.2. The van der Waals surface area contributed by atoms with Crippen LogP contribution in [0.15, 0.2) is 35.7 Å². The van der Waals surface area contributed by atoms with Gasteiger partial charge >= 0.3 is 0 Å². The van der Waals surface area contributed by atoms with Crippen LogP contribution in [0.3, 0.4) is 0 Å². The molecule has 0 spiro atoms. The molecule has 0 aliphatic rings. The van der Waals surface area contributed by atoms with Crippen molar-refractivity contribution in [3.8, 4) is 0 Å². The lowest BCUT2D eigenvalue weighted by Crippen LogP contribution is -2.38. The summed E-state index contributed by atoms with van der Waals surface area (Å²) in [5, 5.41) is 5.89. The van der Waals surface area contributed by atoms with Crippen molar-refractivity contribution >= 4 is 17.2 Å². The molecule has 1 aromatic carbocycles. The maximum Gasteiger partial charge on any atom is 0.270 e. The van der Waals surface area contributed by atoms with Gasteiger partial charge in [-0.25, -0.2) is 4.98 Å². The normalized spacial score (nSPS) is 12.4. The molecule has 1 unspecified atom stereocenters. The van der Waals surface area contributed by atoms with Gasteiger partial charge in [-0.3, -0.25) is 4.79 Å². The predicted molar refractivity (Wildman–Crippen MR) is 87.7 cm³/mol. The molecule has 21 heavy (non-hydrogen) atoms. The molecule has 0 bridgehead atoms. The first-order valence-electron chi connectivity index (χ1n) is 7.39. The fourth-order valence-corrected chi connectivity index (χ4v) is 3.06. The van der Waals surface area contributed by atoms with E-state index >= 15 is 0 Å². The van der Waals surface area contributed by atoms with E-state index in [9.17, 15) is 4.79 Å². The lowest BCUT2D eigenvalue weighted by Gasteiger charge is -2.19.